The Kier molecular flexibility index (Phi) is 3.80. The molecular weight excluding hydrogens is 278 g/mol. The monoisotopic (exact) mass is 293 g/mol. The van der Waals surface area contributed by atoms with Gasteiger partial charge in [0.15, 0.2) is 0 Å². The van der Waals surface area contributed by atoms with Crippen LogP contribution in [0.25, 0.3) is 10.9 Å². The lowest BCUT2D eigenvalue weighted by Crippen LogP contribution is -2.20. The molecule has 5 nitrogen and oxygen atoms in total. The summed E-state index contributed by atoms with van der Waals surface area (Å²) >= 11 is 6.10. The Balaban J connectivity index is 2.05. The minimum Gasteiger partial charge on any atom is -0.476 e. The van der Waals surface area contributed by atoms with Gasteiger partial charge in [-0.15, -0.1) is 0 Å². The number of hydrogen-bond donors (Lipinski definition) is 2. The van der Waals surface area contributed by atoms with Crippen LogP contribution in [0.3, 0.4) is 0 Å². The lowest BCUT2D eigenvalue weighted by atomic mass is 10.1. The average Bonchev–Trinajstić information content (AvgIpc) is 3.05. The van der Waals surface area contributed by atoms with Crippen LogP contribution in [0, 0.1) is 0 Å². The molecule has 0 radical (unpaired) electrons. The number of nitrogens with zero attached hydrogens (tertiary/aromatic N) is 1. The number of ether oxygens (including phenoxy) is 2. The molecule has 0 spiro atoms. The van der Waals surface area contributed by atoms with Gasteiger partial charge in [-0.05, 0) is 18.2 Å². The average molecular weight is 294 g/mol. The van der Waals surface area contributed by atoms with Crippen LogP contribution < -0.4 is 10.1 Å². The van der Waals surface area contributed by atoms with Crippen molar-refractivity contribution in [2.24, 2.45) is 4.99 Å². The summed E-state index contributed by atoms with van der Waals surface area (Å²) in [6.45, 7) is 2.65. The third kappa shape index (κ3) is 2.46. The van der Waals surface area contributed by atoms with Crippen molar-refractivity contribution in [3.05, 3.63) is 28.8 Å². The van der Waals surface area contributed by atoms with E-state index >= 15 is 0 Å². The van der Waals surface area contributed by atoms with Crippen LogP contribution in [0.2, 0.25) is 5.02 Å². The number of nitrogens with one attached hydrogen (secondary N) is 2. The first-order chi connectivity index (χ1) is 9.79. The number of methoxy groups -OCH3 is 1. The number of halogens is 1. The highest BCUT2D eigenvalue weighted by molar-refractivity contribution is 6.31. The number of benzene rings is 1. The minimum absolute atomic E-state index is 0.483. The minimum atomic E-state index is 0.483. The zero-order valence-electron chi connectivity index (χ0n) is 11.2. The predicted octanol–water partition coefficient (Wildman–Crippen LogP) is 2.20. The highest BCUT2D eigenvalue weighted by atomic mass is 35.5. The summed E-state index contributed by atoms with van der Waals surface area (Å²) < 4.78 is 10.8. The molecule has 6 heteroatoms. The Hall–Kier alpha value is -1.72. The number of amidine groups is 1. The molecule has 0 fully saturated rings. The highest BCUT2D eigenvalue weighted by Gasteiger charge is 2.20. The third-order valence-electron chi connectivity index (χ3n) is 3.17. The molecule has 106 valence electrons. The molecule has 0 saturated heterocycles. The SMILES string of the molecule is COCCOc1[nH]c2ccc(Cl)cc2c1C1=NCCN1. The van der Waals surface area contributed by atoms with E-state index in [2.05, 4.69) is 15.3 Å². The maximum atomic E-state index is 6.10. The van der Waals surface area contributed by atoms with Crippen molar-refractivity contribution >= 4 is 28.3 Å². The fraction of sp³-hybridized carbons (Fsp3) is 0.357. The summed E-state index contributed by atoms with van der Waals surface area (Å²) in [6, 6.07) is 5.72. The number of rotatable bonds is 5. The number of aromatic amines is 1. The van der Waals surface area contributed by atoms with Crippen molar-refractivity contribution in [3.8, 4) is 5.88 Å². The molecule has 1 aromatic heterocycles. The quantitative estimate of drug-likeness (QED) is 0.831. The fourth-order valence-corrected chi connectivity index (χ4v) is 2.45. The molecule has 0 aliphatic carbocycles. The van der Waals surface area contributed by atoms with Crippen LogP contribution in [0.4, 0.5) is 0 Å². The lowest BCUT2D eigenvalue weighted by molar-refractivity contribution is 0.144. The first kappa shape index (κ1) is 13.3. The van der Waals surface area contributed by atoms with Crippen LogP contribution in [0.1, 0.15) is 5.56 Å². The van der Waals surface area contributed by atoms with E-state index in [-0.39, 0.29) is 0 Å². The molecule has 1 aliphatic rings. The number of hydrogen-bond acceptors (Lipinski definition) is 4. The van der Waals surface area contributed by atoms with Gasteiger partial charge < -0.3 is 19.8 Å². The summed E-state index contributed by atoms with van der Waals surface area (Å²) in [6.07, 6.45) is 0. The molecule has 0 atom stereocenters. The van der Waals surface area contributed by atoms with E-state index in [4.69, 9.17) is 21.1 Å². The van der Waals surface area contributed by atoms with E-state index in [0.29, 0.717) is 24.1 Å². The van der Waals surface area contributed by atoms with Crippen molar-refractivity contribution in [3.63, 3.8) is 0 Å². The molecular formula is C14H16ClN3O2. The molecule has 1 aliphatic heterocycles. The molecule has 2 N–H and O–H groups in total. The molecule has 2 heterocycles. The van der Waals surface area contributed by atoms with Gasteiger partial charge in [0.1, 0.15) is 12.4 Å². The van der Waals surface area contributed by atoms with Gasteiger partial charge in [-0.1, -0.05) is 11.6 Å². The van der Waals surface area contributed by atoms with Crippen LogP contribution in [-0.4, -0.2) is 44.2 Å². The molecule has 0 unspecified atom stereocenters. The van der Waals surface area contributed by atoms with Gasteiger partial charge in [0, 0.05) is 29.6 Å². The fourth-order valence-electron chi connectivity index (χ4n) is 2.28. The van der Waals surface area contributed by atoms with Gasteiger partial charge >= 0.3 is 0 Å². The molecule has 1 aromatic carbocycles. The molecule has 0 saturated carbocycles. The van der Waals surface area contributed by atoms with Gasteiger partial charge in [0.25, 0.3) is 0 Å². The number of aliphatic imine (C=N–C) groups is 1. The maximum absolute atomic E-state index is 6.10. The van der Waals surface area contributed by atoms with E-state index in [0.717, 1.165) is 35.4 Å². The van der Waals surface area contributed by atoms with Gasteiger partial charge in [-0.25, -0.2) is 0 Å². The molecule has 3 rings (SSSR count). The van der Waals surface area contributed by atoms with Crippen LogP contribution in [0.15, 0.2) is 23.2 Å². The Morgan fingerprint density at radius 3 is 3.00 bits per heavy atom. The number of aromatic nitrogens is 1. The highest BCUT2D eigenvalue weighted by Crippen LogP contribution is 2.31. The van der Waals surface area contributed by atoms with Gasteiger partial charge in [-0.3, -0.25) is 4.99 Å². The normalized spacial score (nSPS) is 14.4. The Morgan fingerprint density at radius 2 is 2.25 bits per heavy atom. The molecule has 20 heavy (non-hydrogen) atoms. The molecule has 0 bridgehead atoms. The van der Waals surface area contributed by atoms with Gasteiger partial charge in [-0.2, -0.15) is 0 Å². The first-order valence-electron chi connectivity index (χ1n) is 6.51. The smallest absolute Gasteiger partial charge is 0.203 e. The van der Waals surface area contributed by atoms with E-state index in [1.54, 1.807) is 7.11 Å². The maximum Gasteiger partial charge on any atom is 0.203 e. The second-order valence-electron chi connectivity index (χ2n) is 4.52. The standard InChI is InChI=1S/C14H16ClN3O2/c1-19-6-7-20-14-12(13-16-4-5-17-13)10-8-9(15)2-3-11(10)18-14/h2-3,8,18H,4-7H2,1H3,(H,16,17). The second-order valence-corrected chi connectivity index (χ2v) is 4.95. The van der Waals surface area contributed by atoms with Gasteiger partial charge in [0.2, 0.25) is 5.88 Å². The second kappa shape index (κ2) is 5.73. The van der Waals surface area contributed by atoms with E-state index in [1.165, 1.54) is 0 Å². The summed E-state index contributed by atoms with van der Waals surface area (Å²) in [5, 5.41) is 4.98. The van der Waals surface area contributed by atoms with Crippen LogP contribution >= 0.6 is 11.6 Å². The van der Waals surface area contributed by atoms with Crippen LogP contribution in [0.5, 0.6) is 5.88 Å². The van der Waals surface area contributed by atoms with E-state index in [9.17, 15) is 0 Å². The lowest BCUT2D eigenvalue weighted by Gasteiger charge is -2.07. The van der Waals surface area contributed by atoms with E-state index < -0.39 is 0 Å². The van der Waals surface area contributed by atoms with Crippen molar-refractivity contribution in [1.82, 2.24) is 10.3 Å². The molecule has 0 amide bonds. The summed E-state index contributed by atoms with van der Waals surface area (Å²) in [7, 11) is 1.65. The zero-order chi connectivity index (χ0) is 13.9. The van der Waals surface area contributed by atoms with E-state index in [1.807, 2.05) is 18.2 Å². The summed E-state index contributed by atoms with van der Waals surface area (Å²) in [5.41, 5.74) is 1.92. The summed E-state index contributed by atoms with van der Waals surface area (Å²) in [5.74, 6) is 1.55. The zero-order valence-corrected chi connectivity index (χ0v) is 12.0. The first-order valence-corrected chi connectivity index (χ1v) is 6.89. The predicted molar refractivity (Wildman–Crippen MR) is 80.1 cm³/mol. The van der Waals surface area contributed by atoms with Crippen molar-refractivity contribution in [2.75, 3.05) is 33.4 Å². The Labute approximate surface area is 121 Å². The topological polar surface area (TPSA) is 58.6 Å². The van der Waals surface area contributed by atoms with Crippen molar-refractivity contribution < 1.29 is 9.47 Å². The number of H-pyrrole nitrogens is 1. The Morgan fingerprint density at radius 1 is 1.35 bits per heavy atom. The number of fused-ring (bicyclic) bond motifs is 1. The van der Waals surface area contributed by atoms with Crippen molar-refractivity contribution in [1.29, 1.82) is 0 Å². The van der Waals surface area contributed by atoms with Gasteiger partial charge in [0.05, 0.1) is 18.7 Å². The largest absolute Gasteiger partial charge is 0.476 e. The summed E-state index contributed by atoms with van der Waals surface area (Å²) in [4.78, 5) is 7.75. The third-order valence-corrected chi connectivity index (χ3v) is 3.41. The van der Waals surface area contributed by atoms with Crippen LogP contribution in [-0.2, 0) is 4.74 Å². The Bertz CT molecular complexity index is 651. The molecule has 2 aromatic rings. The van der Waals surface area contributed by atoms with Crippen molar-refractivity contribution in [2.45, 2.75) is 0 Å².